The summed E-state index contributed by atoms with van der Waals surface area (Å²) in [4.78, 5) is 155. The Morgan fingerprint density at radius 2 is 1.39 bits per heavy atom. The molecule has 0 bridgehead atoms. The molecule has 26 heteroatoms. The summed E-state index contributed by atoms with van der Waals surface area (Å²) in [7, 11) is 0. The number of primary amides is 1. The number of benzene rings is 2. The predicted octanol–water partition coefficient (Wildman–Crippen LogP) is 0.590. The molecule has 1 aliphatic rings. The topological polar surface area (TPSA) is 363 Å². The molecule has 3 aromatic rings. The number of carboxylic acids is 2. The number of aromatic nitrogens is 1. The number of halogens is 2. The second-order valence-corrected chi connectivity index (χ2v) is 19.9. The number of aliphatic hydroxyl groups is 1. The first-order valence-electron chi connectivity index (χ1n) is 25.0. The third-order valence-electron chi connectivity index (χ3n) is 12.5. The molecule has 10 N–H and O–H groups in total. The van der Waals surface area contributed by atoms with Gasteiger partial charge in [0.25, 0.3) is 11.8 Å². The first kappa shape index (κ1) is 62.9. The van der Waals surface area contributed by atoms with Gasteiger partial charge in [-0.25, -0.2) is 13.6 Å². The van der Waals surface area contributed by atoms with Crippen molar-refractivity contribution in [2.45, 2.75) is 110 Å². The fourth-order valence-corrected chi connectivity index (χ4v) is 8.52. The van der Waals surface area contributed by atoms with Crippen molar-refractivity contribution in [2.24, 2.45) is 17.1 Å². The van der Waals surface area contributed by atoms with Gasteiger partial charge in [-0.3, -0.25) is 57.6 Å². The van der Waals surface area contributed by atoms with Gasteiger partial charge in [-0.1, -0.05) is 58.0 Å². The van der Waals surface area contributed by atoms with Crippen molar-refractivity contribution in [1.82, 2.24) is 41.0 Å². The van der Waals surface area contributed by atoms with Gasteiger partial charge >= 0.3 is 11.9 Å². The van der Waals surface area contributed by atoms with Crippen LogP contribution in [0.3, 0.4) is 0 Å². The van der Waals surface area contributed by atoms with Gasteiger partial charge in [0.05, 0.1) is 18.5 Å². The van der Waals surface area contributed by atoms with Crippen LogP contribution in [0.4, 0.5) is 8.78 Å². The number of Topliss-reactive ketones (excluding diaryl/α,β-unsaturated/α-hetero) is 1. The van der Waals surface area contributed by atoms with Gasteiger partial charge in [-0.05, 0) is 55.0 Å². The number of nitrogens with one attached hydrogen (secondary N) is 5. The third kappa shape index (κ3) is 18.8. The van der Waals surface area contributed by atoms with Crippen molar-refractivity contribution in [3.63, 3.8) is 0 Å². The van der Waals surface area contributed by atoms with Crippen LogP contribution in [0.2, 0.25) is 0 Å². The van der Waals surface area contributed by atoms with Crippen molar-refractivity contribution in [3.05, 3.63) is 95.8 Å². The van der Waals surface area contributed by atoms with E-state index >= 15 is 4.39 Å². The molecule has 0 spiro atoms. The van der Waals surface area contributed by atoms with Crippen LogP contribution in [0.25, 0.3) is 11.1 Å². The van der Waals surface area contributed by atoms with Gasteiger partial charge in [-0.2, -0.15) is 0 Å². The van der Waals surface area contributed by atoms with Crippen LogP contribution < -0.4 is 32.3 Å². The Kier molecular flexibility index (Phi) is 22.8. The normalized spacial score (nSPS) is 14.5. The molecule has 426 valence electrons. The van der Waals surface area contributed by atoms with E-state index in [-0.39, 0.29) is 17.7 Å². The van der Waals surface area contributed by atoms with Gasteiger partial charge in [-0.15, -0.1) is 0 Å². The molecule has 2 aromatic carbocycles. The molecule has 1 aliphatic heterocycles. The number of carboxylic acid groups (broad SMARTS) is 2. The van der Waals surface area contributed by atoms with Crippen LogP contribution >= 0.6 is 0 Å². The van der Waals surface area contributed by atoms with Crippen LogP contribution in [0, 0.1) is 23.0 Å². The van der Waals surface area contributed by atoms with Gasteiger partial charge in [0, 0.05) is 80.0 Å². The Morgan fingerprint density at radius 1 is 0.747 bits per heavy atom. The molecule has 0 aliphatic carbocycles. The number of nitrogens with two attached hydrogens (primary N) is 1. The summed E-state index contributed by atoms with van der Waals surface area (Å²) in [6, 6.07) is 6.09. The zero-order valence-electron chi connectivity index (χ0n) is 44.1. The Labute approximate surface area is 452 Å². The molecule has 4 rings (SSSR count). The van der Waals surface area contributed by atoms with E-state index in [1.54, 1.807) is 55.8 Å². The standard InChI is InChI=1S/C53H65F2N9O15/c1-29(21-40(66)30(2)58-43(69)27-64-44(70)14-15-45(64)71)49(75)61-38(24-41(56)67)51(77)60-36(50(76)57-19-17-42(68)59-37(52(78)79)13-16-47(73)74)18-20-63(46(72)28-65)48(53(3,4)5)39-22-32(34-23-33(54)11-12-35(34)55)26-62(39)25-31-9-7-6-8-10-31/h6-12,14-15,22-23,26,29-30,36-38,48,65H,13,16-21,24-25,27-28H2,1-5H3,(H2,56,67)(H,57,76)(H,58,69)(H,59,68)(H,60,77)(H,61,75)(H,73,74)(H,78,79)/t29-,30+,36+,37-,38+,48+/m1/s1. The highest BCUT2D eigenvalue weighted by molar-refractivity contribution is 6.14. The number of amides is 9. The zero-order valence-corrected chi connectivity index (χ0v) is 44.1. The van der Waals surface area contributed by atoms with Crippen LogP contribution in [0.5, 0.6) is 0 Å². The van der Waals surface area contributed by atoms with E-state index in [1.807, 2.05) is 12.1 Å². The lowest BCUT2D eigenvalue weighted by molar-refractivity contribution is -0.143. The van der Waals surface area contributed by atoms with E-state index in [4.69, 9.17) is 10.8 Å². The Morgan fingerprint density at radius 3 is 1.99 bits per heavy atom. The molecule has 2 heterocycles. The maximum absolute atomic E-state index is 15.4. The first-order chi connectivity index (χ1) is 37.1. The molecule has 1 aromatic heterocycles. The van der Waals surface area contributed by atoms with Gasteiger partial charge in [0.1, 0.15) is 42.9 Å². The fourth-order valence-electron chi connectivity index (χ4n) is 8.52. The summed E-state index contributed by atoms with van der Waals surface area (Å²) >= 11 is 0. The van der Waals surface area contributed by atoms with Gasteiger partial charge in [0.2, 0.25) is 41.4 Å². The van der Waals surface area contributed by atoms with E-state index in [0.717, 1.165) is 35.9 Å². The number of ketones is 1. The monoisotopic (exact) mass is 1110 g/mol. The second kappa shape index (κ2) is 28.6. The Balaban J connectivity index is 1.66. The van der Waals surface area contributed by atoms with Crippen molar-refractivity contribution in [2.75, 3.05) is 26.2 Å². The number of hydrogen-bond acceptors (Lipinski definition) is 13. The van der Waals surface area contributed by atoms with Crippen molar-refractivity contribution in [1.29, 1.82) is 0 Å². The summed E-state index contributed by atoms with van der Waals surface area (Å²) < 4.78 is 31.7. The van der Waals surface area contributed by atoms with Crippen LogP contribution in [-0.4, -0.2) is 151 Å². The number of imide groups is 1. The number of nitrogens with zero attached hydrogens (tertiary/aromatic N) is 3. The highest BCUT2D eigenvalue weighted by Crippen LogP contribution is 2.41. The molecule has 0 radical (unpaired) electrons. The molecular weight excluding hydrogens is 1040 g/mol. The Bertz CT molecular complexity index is 2820. The molecule has 24 nitrogen and oxygen atoms in total. The summed E-state index contributed by atoms with van der Waals surface area (Å²) in [6.45, 7) is 5.29. The lowest BCUT2D eigenvalue weighted by atomic mass is 9.82. The summed E-state index contributed by atoms with van der Waals surface area (Å²) in [6.07, 6.45) is 0.00319. The number of rotatable bonds is 30. The quantitative estimate of drug-likeness (QED) is 0.0413. The average molecular weight is 1110 g/mol. The molecule has 9 amide bonds. The van der Waals surface area contributed by atoms with E-state index in [9.17, 15) is 72.1 Å². The fraction of sp³-hybridized carbons (Fsp3) is 0.434. The molecule has 6 atom stereocenters. The molecule has 0 fully saturated rings. The second-order valence-electron chi connectivity index (χ2n) is 19.9. The average Bonchev–Trinajstić information content (AvgIpc) is 4.03. The van der Waals surface area contributed by atoms with E-state index in [2.05, 4.69) is 26.6 Å². The molecule has 0 saturated heterocycles. The number of aliphatic carboxylic acids is 2. The number of carbonyl (C=O) groups is 12. The van der Waals surface area contributed by atoms with Crippen LogP contribution in [-0.2, 0) is 64.1 Å². The summed E-state index contributed by atoms with van der Waals surface area (Å²) in [5.74, 6) is -14.6. The summed E-state index contributed by atoms with van der Waals surface area (Å²) in [5.41, 5.74) is 5.80. The lowest BCUT2D eigenvalue weighted by Gasteiger charge is -2.41. The van der Waals surface area contributed by atoms with Crippen LogP contribution in [0.15, 0.2) is 72.9 Å². The maximum Gasteiger partial charge on any atom is 0.326 e. The number of hydrogen-bond donors (Lipinski definition) is 9. The molecule has 0 unspecified atom stereocenters. The van der Waals surface area contributed by atoms with E-state index in [0.29, 0.717) is 10.6 Å². The third-order valence-corrected chi connectivity index (χ3v) is 12.5. The Hall–Kier alpha value is -8.68. The van der Waals surface area contributed by atoms with Crippen molar-refractivity contribution in [3.8, 4) is 11.1 Å². The smallest absolute Gasteiger partial charge is 0.326 e. The molecule has 0 saturated carbocycles. The highest BCUT2D eigenvalue weighted by Gasteiger charge is 2.39. The first-order valence-corrected chi connectivity index (χ1v) is 25.0. The van der Waals surface area contributed by atoms with E-state index < -0.39 is 189 Å². The minimum atomic E-state index is -1.82. The number of aliphatic hydroxyl groups excluding tert-OH is 1. The van der Waals surface area contributed by atoms with Gasteiger partial charge in [0.15, 0.2) is 5.78 Å². The zero-order chi connectivity index (χ0) is 58.9. The molecule has 79 heavy (non-hydrogen) atoms. The van der Waals surface area contributed by atoms with Crippen molar-refractivity contribution >= 4 is 70.9 Å². The lowest BCUT2D eigenvalue weighted by Crippen LogP contribution is -2.56. The maximum atomic E-state index is 15.4. The minimum absolute atomic E-state index is 0.102. The minimum Gasteiger partial charge on any atom is -0.481 e. The number of carbonyl (C=O) groups excluding carboxylic acids is 10. The van der Waals surface area contributed by atoms with Gasteiger partial charge < -0.3 is 57.1 Å². The summed E-state index contributed by atoms with van der Waals surface area (Å²) in [5, 5.41) is 40.7. The largest absolute Gasteiger partial charge is 0.481 e. The predicted molar refractivity (Wildman–Crippen MR) is 275 cm³/mol. The van der Waals surface area contributed by atoms with Crippen LogP contribution in [0.1, 0.15) is 90.4 Å². The highest BCUT2D eigenvalue weighted by atomic mass is 19.1. The van der Waals surface area contributed by atoms with Crippen molar-refractivity contribution < 1.29 is 81.6 Å². The molecular formula is C53H65F2N9O15. The SMILES string of the molecule is C[C@H](CC(=O)[C@H](C)NC(=O)CN1C(=O)C=CC1=O)C(=O)N[C@@H](CC(N)=O)C(=O)N[C@@H](CCN(C(=O)CO)[C@@H](c1cc(-c2cc(F)ccc2F)cn1Cc1ccccc1)C(C)(C)C)C(=O)NCCC(=O)N[C@H](CCC(=O)O)C(=O)O. The van der Waals surface area contributed by atoms with E-state index in [1.165, 1.54) is 18.7 Å².